The van der Waals surface area contributed by atoms with E-state index in [1.165, 1.54) is 12.1 Å². The van der Waals surface area contributed by atoms with Gasteiger partial charge in [-0.3, -0.25) is 10.2 Å². The highest BCUT2D eigenvalue weighted by Crippen LogP contribution is 2.38. The Bertz CT molecular complexity index is 2780. The molecule has 12 nitrogen and oxygen atoms in total. The van der Waals surface area contributed by atoms with Crippen LogP contribution in [0.15, 0.2) is 70.5 Å². The van der Waals surface area contributed by atoms with Gasteiger partial charge >= 0.3 is 0 Å². The van der Waals surface area contributed by atoms with Gasteiger partial charge in [0.1, 0.15) is 0 Å². The number of H-pyrrole nitrogens is 2. The molecule has 0 unspecified atom stereocenters. The highest BCUT2D eigenvalue weighted by Gasteiger charge is 2.41. The largest absolute Gasteiger partial charge is 0.382 e. The molecule has 8 rings (SSSR count). The van der Waals surface area contributed by atoms with Crippen molar-refractivity contribution in [1.82, 2.24) is 29.0 Å². The number of rotatable bonds is 6. The fourth-order valence-electron chi connectivity index (χ4n) is 7.89. The van der Waals surface area contributed by atoms with E-state index in [4.69, 9.17) is 11.5 Å². The number of nitrogens with two attached hydrogens (primary N) is 2. The fraction of sp³-hybridized carbons (Fsp3) is 0.350. The Morgan fingerprint density at radius 2 is 1.02 bits per heavy atom. The molecule has 308 valence electrons. The summed E-state index contributed by atoms with van der Waals surface area (Å²) in [6.45, 7) is 6.50. The molecule has 18 heteroatoms. The molecule has 0 spiro atoms. The van der Waals surface area contributed by atoms with Crippen LogP contribution in [-0.2, 0) is 20.0 Å². The summed E-state index contributed by atoms with van der Waals surface area (Å²) in [6, 6.07) is 17.3. The smallest absolute Gasteiger partial charge is 0.261 e. The normalized spacial score (nSPS) is 17.7. The van der Waals surface area contributed by atoms with Gasteiger partial charge < -0.3 is 11.5 Å². The lowest BCUT2D eigenvalue weighted by Crippen LogP contribution is -2.45. The number of hydrogen-bond acceptors (Lipinski definition) is 8. The molecule has 0 radical (unpaired) electrons. The number of aryl methyl sites for hydroxylation is 4. The predicted molar refractivity (Wildman–Crippen MR) is 217 cm³/mol. The number of nitrogens with one attached hydrogen (secondary N) is 2. The van der Waals surface area contributed by atoms with Crippen LogP contribution in [0.2, 0.25) is 0 Å². The molecular weight excluding hydrogens is 797 g/mol. The molecule has 0 saturated carbocycles. The van der Waals surface area contributed by atoms with Gasteiger partial charge in [0, 0.05) is 49.7 Å². The molecule has 2 aromatic heterocycles. The van der Waals surface area contributed by atoms with Crippen molar-refractivity contribution >= 4 is 53.5 Å². The lowest BCUT2D eigenvalue weighted by Gasteiger charge is -2.31. The van der Waals surface area contributed by atoms with E-state index in [9.17, 15) is 34.4 Å². The Morgan fingerprint density at radius 1 is 0.586 bits per heavy atom. The molecule has 58 heavy (non-hydrogen) atoms. The molecule has 2 aliphatic rings. The van der Waals surface area contributed by atoms with Gasteiger partial charge in [-0.2, -0.15) is 18.8 Å². The summed E-state index contributed by atoms with van der Waals surface area (Å²) >= 11 is 0. The number of benzene rings is 4. The zero-order chi connectivity index (χ0) is 41.9. The van der Waals surface area contributed by atoms with Crippen LogP contribution in [0, 0.1) is 27.7 Å². The Morgan fingerprint density at radius 3 is 1.45 bits per heavy atom. The number of sulfonamides is 2. The van der Waals surface area contributed by atoms with Crippen molar-refractivity contribution < 1.29 is 34.4 Å². The van der Waals surface area contributed by atoms with Crippen molar-refractivity contribution in [3.63, 3.8) is 0 Å². The molecule has 2 fully saturated rings. The number of halogens is 4. The first-order valence-corrected chi connectivity index (χ1v) is 21.5. The van der Waals surface area contributed by atoms with Crippen molar-refractivity contribution in [3.8, 4) is 22.3 Å². The fourth-order valence-corrected chi connectivity index (χ4v) is 11.0. The number of piperidine rings is 2. The van der Waals surface area contributed by atoms with E-state index in [1.807, 2.05) is 52.0 Å². The van der Waals surface area contributed by atoms with Crippen molar-refractivity contribution in [2.24, 2.45) is 0 Å². The van der Waals surface area contributed by atoms with E-state index < -0.39 is 51.3 Å². The first kappa shape index (κ1) is 41.1. The molecule has 2 saturated heterocycles. The van der Waals surface area contributed by atoms with Gasteiger partial charge in [-0.25, -0.2) is 34.4 Å². The SMILES string of the molecule is Cc1cc(S(=O)(=O)N2CCC(F)(F)CC2)ccc1-c1ccc2[nH]nc(N)c2c1C.Cc1cc(S(=O)(=O)N2CCCC(F)(F)C2)ccc1-c1ccc2[nH]nc(N)c2c1C. The van der Waals surface area contributed by atoms with Gasteiger partial charge in [0.2, 0.25) is 20.0 Å². The summed E-state index contributed by atoms with van der Waals surface area (Å²) in [4.78, 5) is 0.142. The summed E-state index contributed by atoms with van der Waals surface area (Å²) in [7, 11) is -7.79. The van der Waals surface area contributed by atoms with E-state index in [0.717, 1.165) is 74.9 Å². The van der Waals surface area contributed by atoms with E-state index in [1.54, 1.807) is 24.3 Å². The van der Waals surface area contributed by atoms with Crippen LogP contribution >= 0.6 is 0 Å². The minimum Gasteiger partial charge on any atom is -0.382 e. The van der Waals surface area contributed by atoms with Gasteiger partial charge in [0.15, 0.2) is 11.6 Å². The van der Waals surface area contributed by atoms with Crippen LogP contribution < -0.4 is 11.5 Å². The molecule has 4 heterocycles. The van der Waals surface area contributed by atoms with E-state index in [2.05, 4.69) is 20.4 Å². The average molecular weight is 841 g/mol. The highest BCUT2D eigenvalue weighted by molar-refractivity contribution is 7.89. The number of aromatic amines is 2. The third-order valence-corrected chi connectivity index (χ3v) is 14.8. The first-order valence-electron chi connectivity index (χ1n) is 18.6. The maximum absolute atomic E-state index is 13.7. The number of nitrogens with zero attached hydrogens (tertiary/aromatic N) is 4. The molecule has 2 aliphatic heterocycles. The second kappa shape index (κ2) is 15.0. The molecule has 0 aliphatic carbocycles. The maximum atomic E-state index is 13.7. The third kappa shape index (κ3) is 7.65. The average Bonchev–Trinajstić information content (AvgIpc) is 3.74. The maximum Gasteiger partial charge on any atom is 0.261 e. The molecule has 0 atom stereocenters. The molecule has 6 aromatic rings. The number of aromatic nitrogens is 4. The zero-order valence-electron chi connectivity index (χ0n) is 32.3. The third-order valence-electron chi connectivity index (χ3n) is 11.1. The van der Waals surface area contributed by atoms with E-state index in [0.29, 0.717) is 11.6 Å². The molecule has 6 N–H and O–H groups in total. The van der Waals surface area contributed by atoms with Crippen LogP contribution in [0.1, 0.15) is 47.9 Å². The molecule has 0 amide bonds. The van der Waals surface area contributed by atoms with Crippen LogP contribution in [0.3, 0.4) is 0 Å². The Labute approximate surface area is 333 Å². The van der Waals surface area contributed by atoms with Gasteiger partial charge in [0.25, 0.3) is 11.8 Å². The lowest BCUT2D eigenvalue weighted by atomic mass is 9.94. The van der Waals surface area contributed by atoms with Crippen LogP contribution in [0.25, 0.3) is 44.1 Å². The van der Waals surface area contributed by atoms with Crippen LogP contribution in [0.5, 0.6) is 0 Å². The number of fused-ring (bicyclic) bond motifs is 2. The summed E-state index contributed by atoms with van der Waals surface area (Å²) in [5.41, 5.74) is 20.6. The van der Waals surface area contributed by atoms with Crippen molar-refractivity contribution in [2.45, 2.75) is 75.0 Å². The number of anilines is 2. The monoisotopic (exact) mass is 840 g/mol. The Hall–Kier alpha value is -5.04. The van der Waals surface area contributed by atoms with Crippen LogP contribution in [-0.4, -0.2) is 83.9 Å². The summed E-state index contributed by atoms with van der Waals surface area (Å²) in [5, 5.41) is 15.5. The lowest BCUT2D eigenvalue weighted by molar-refractivity contribution is -0.0435. The Kier molecular flexibility index (Phi) is 10.6. The number of nitrogen functional groups attached to an aromatic ring is 2. The minimum atomic E-state index is -3.98. The van der Waals surface area contributed by atoms with Gasteiger partial charge in [-0.05, 0) is 115 Å². The second-order valence-corrected chi connectivity index (χ2v) is 18.9. The zero-order valence-corrected chi connectivity index (χ0v) is 34.0. The summed E-state index contributed by atoms with van der Waals surface area (Å²) in [5.74, 6) is -4.96. The van der Waals surface area contributed by atoms with E-state index in [-0.39, 0.29) is 42.3 Å². The first-order chi connectivity index (χ1) is 27.2. The molecule has 4 aromatic carbocycles. The topological polar surface area (TPSA) is 184 Å². The Balaban J connectivity index is 0.000000177. The van der Waals surface area contributed by atoms with Gasteiger partial charge in [0.05, 0.1) is 27.4 Å². The predicted octanol–water partition coefficient (Wildman–Crippen LogP) is 7.70. The molecular formula is C40H44F4N8O4S2. The van der Waals surface area contributed by atoms with Gasteiger partial charge in [-0.1, -0.05) is 24.3 Å². The number of hydrogen-bond donors (Lipinski definition) is 4. The summed E-state index contributed by atoms with van der Waals surface area (Å²) in [6.07, 6.45) is -1.03. The van der Waals surface area contributed by atoms with Crippen LogP contribution in [0.4, 0.5) is 29.2 Å². The second-order valence-electron chi connectivity index (χ2n) is 15.1. The van der Waals surface area contributed by atoms with Crippen molar-refractivity contribution in [3.05, 3.63) is 82.9 Å². The van der Waals surface area contributed by atoms with Crippen molar-refractivity contribution in [1.29, 1.82) is 0 Å². The molecule has 0 bridgehead atoms. The van der Waals surface area contributed by atoms with Crippen molar-refractivity contribution in [2.75, 3.05) is 37.6 Å². The number of alkyl halides is 4. The highest BCUT2D eigenvalue weighted by atomic mass is 32.2. The minimum absolute atomic E-state index is 0.0259. The van der Waals surface area contributed by atoms with E-state index >= 15 is 0 Å². The summed E-state index contributed by atoms with van der Waals surface area (Å²) < 4.78 is 108. The van der Waals surface area contributed by atoms with Gasteiger partial charge in [-0.15, -0.1) is 0 Å². The quantitative estimate of drug-likeness (QED) is 0.123. The standard InChI is InChI=1S/2C20H22F2N4O2S/c1-12-10-14(29(27,28)26-9-3-8-20(21,22)11-26)4-5-15(12)16-6-7-17-18(13(16)2)19(23)25-24-17;1-12-11-14(29(27,28)26-9-7-20(21,22)8-10-26)3-4-15(12)16-5-6-17-18(13(16)2)19(23)25-24-17/h4-7,10H,3,8-9,11H2,1-2H3,(H3,23,24,25);3-6,11H,7-10H2,1-2H3,(H3,23,24,25).